The van der Waals surface area contributed by atoms with E-state index in [1.54, 1.807) is 6.20 Å². The Balaban J connectivity index is 3.02. The summed E-state index contributed by atoms with van der Waals surface area (Å²) < 4.78 is 1.91. The Morgan fingerprint density at radius 2 is 2.18 bits per heavy atom. The predicted molar refractivity (Wildman–Crippen MR) is 68.0 cm³/mol. The van der Waals surface area contributed by atoms with E-state index in [0.717, 1.165) is 12.1 Å². The Kier molecular flexibility index (Phi) is 4.28. The predicted octanol–water partition coefficient (Wildman–Crippen LogP) is 0.889. The number of aromatic nitrogens is 2. The van der Waals surface area contributed by atoms with E-state index in [-0.39, 0.29) is 11.4 Å². The molecule has 0 aliphatic carbocycles. The number of amides is 1. The fourth-order valence-electron chi connectivity index (χ4n) is 1.76. The maximum Gasteiger partial charge on any atom is 0.254 e. The third-order valence-corrected chi connectivity index (χ3v) is 2.51. The average molecular weight is 238 g/mol. The van der Waals surface area contributed by atoms with E-state index in [2.05, 4.69) is 31.2 Å². The van der Waals surface area contributed by atoms with Crippen LogP contribution in [0.1, 0.15) is 43.7 Å². The van der Waals surface area contributed by atoms with Crippen LogP contribution in [0.4, 0.5) is 0 Å². The van der Waals surface area contributed by atoms with Crippen LogP contribution < -0.4 is 11.1 Å². The normalized spacial score (nSPS) is 11.6. The minimum absolute atomic E-state index is 0.0946. The van der Waals surface area contributed by atoms with Gasteiger partial charge in [-0.3, -0.25) is 9.48 Å². The Hall–Kier alpha value is -1.36. The maximum absolute atomic E-state index is 11.9. The van der Waals surface area contributed by atoms with Gasteiger partial charge in [0.15, 0.2) is 0 Å². The molecule has 0 atom stereocenters. The summed E-state index contributed by atoms with van der Waals surface area (Å²) in [6.07, 6.45) is 2.42. The highest BCUT2D eigenvalue weighted by molar-refractivity contribution is 5.95. The molecule has 1 heterocycles. The van der Waals surface area contributed by atoms with Gasteiger partial charge in [-0.25, -0.2) is 0 Å². The van der Waals surface area contributed by atoms with Crippen LogP contribution in [0.3, 0.4) is 0 Å². The SMILES string of the molecule is CCc1c(C(=O)NCCN)cnn1C(C)(C)C. The summed E-state index contributed by atoms with van der Waals surface area (Å²) in [6, 6.07) is 0. The molecule has 5 heteroatoms. The van der Waals surface area contributed by atoms with Crippen LogP contribution in [-0.2, 0) is 12.0 Å². The summed E-state index contributed by atoms with van der Waals surface area (Å²) >= 11 is 0. The molecule has 17 heavy (non-hydrogen) atoms. The molecule has 0 bridgehead atoms. The molecule has 1 aromatic heterocycles. The summed E-state index contributed by atoms with van der Waals surface area (Å²) in [6.45, 7) is 9.17. The molecule has 0 saturated carbocycles. The van der Waals surface area contributed by atoms with Gasteiger partial charge in [-0.1, -0.05) is 6.92 Å². The van der Waals surface area contributed by atoms with Crippen molar-refractivity contribution in [3.05, 3.63) is 17.5 Å². The quantitative estimate of drug-likeness (QED) is 0.818. The first-order valence-electron chi connectivity index (χ1n) is 5.97. The monoisotopic (exact) mass is 238 g/mol. The van der Waals surface area contributed by atoms with Crippen molar-refractivity contribution >= 4 is 5.91 Å². The number of nitrogens with one attached hydrogen (secondary N) is 1. The number of nitrogens with zero attached hydrogens (tertiary/aromatic N) is 2. The van der Waals surface area contributed by atoms with Gasteiger partial charge in [-0.15, -0.1) is 0 Å². The van der Waals surface area contributed by atoms with Crippen LogP contribution in [0.5, 0.6) is 0 Å². The first-order chi connectivity index (χ1) is 7.91. The fourth-order valence-corrected chi connectivity index (χ4v) is 1.76. The number of hydrogen-bond acceptors (Lipinski definition) is 3. The number of hydrogen-bond donors (Lipinski definition) is 2. The molecule has 3 N–H and O–H groups in total. The van der Waals surface area contributed by atoms with Gasteiger partial charge in [-0.2, -0.15) is 5.10 Å². The highest BCUT2D eigenvalue weighted by atomic mass is 16.1. The maximum atomic E-state index is 11.9. The summed E-state index contributed by atoms with van der Waals surface area (Å²) in [5.74, 6) is -0.0946. The van der Waals surface area contributed by atoms with E-state index < -0.39 is 0 Å². The topological polar surface area (TPSA) is 72.9 Å². The van der Waals surface area contributed by atoms with Crippen molar-refractivity contribution in [3.8, 4) is 0 Å². The molecule has 5 nitrogen and oxygen atoms in total. The molecule has 0 saturated heterocycles. The molecule has 0 aliphatic rings. The number of nitrogens with two attached hydrogens (primary N) is 1. The van der Waals surface area contributed by atoms with Crippen LogP contribution >= 0.6 is 0 Å². The Bertz CT molecular complexity index is 390. The smallest absolute Gasteiger partial charge is 0.254 e. The third-order valence-electron chi connectivity index (χ3n) is 2.51. The Morgan fingerprint density at radius 3 is 2.65 bits per heavy atom. The molecular weight excluding hydrogens is 216 g/mol. The van der Waals surface area contributed by atoms with E-state index >= 15 is 0 Å². The van der Waals surface area contributed by atoms with Crippen LogP contribution in [0.25, 0.3) is 0 Å². The zero-order valence-electron chi connectivity index (χ0n) is 11.1. The van der Waals surface area contributed by atoms with Gasteiger partial charge in [0.1, 0.15) is 0 Å². The van der Waals surface area contributed by atoms with E-state index in [4.69, 9.17) is 5.73 Å². The molecule has 1 rings (SSSR count). The van der Waals surface area contributed by atoms with Crippen molar-refractivity contribution in [2.24, 2.45) is 5.73 Å². The minimum Gasteiger partial charge on any atom is -0.351 e. The largest absolute Gasteiger partial charge is 0.351 e. The molecule has 0 unspecified atom stereocenters. The lowest BCUT2D eigenvalue weighted by molar-refractivity contribution is 0.0953. The molecule has 1 aromatic rings. The lowest BCUT2D eigenvalue weighted by Crippen LogP contribution is -2.30. The average Bonchev–Trinajstić information content (AvgIpc) is 2.68. The Labute approximate surface area is 102 Å². The first kappa shape index (κ1) is 13.7. The Morgan fingerprint density at radius 1 is 1.53 bits per heavy atom. The second kappa shape index (κ2) is 5.31. The second-order valence-electron chi connectivity index (χ2n) is 4.99. The van der Waals surface area contributed by atoms with E-state index in [1.165, 1.54) is 0 Å². The fraction of sp³-hybridized carbons (Fsp3) is 0.667. The van der Waals surface area contributed by atoms with Crippen molar-refractivity contribution in [2.45, 2.75) is 39.7 Å². The molecule has 0 aliphatic heterocycles. The molecule has 0 fully saturated rings. The molecule has 1 amide bonds. The first-order valence-corrected chi connectivity index (χ1v) is 5.97. The van der Waals surface area contributed by atoms with Gasteiger partial charge < -0.3 is 11.1 Å². The zero-order valence-corrected chi connectivity index (χ0v) is 11.1. The summed E-state index contributed by atoms with van der Waals surface area (Å²) in [5, 5.41) is 7.08. The molecule has 0 radical (unpaired) electrons. The van der Waals surface area contributed by atoms with Crippen LogP contribution in [0.2, 0.25) is 0 Å². The van der Waals surface area contributed by atoms with Crippen LogP contribution in [-0.4, -0.2) is 28.8 Å². The highest BCUT2D eigenvalue weighted by Crippen LogP contribution is 2.19. The van der Waals surface area contributed by atoms with Crippen molar-refractivity contribution in [1.82, 2.24) is 15.1 Å². The van der Waals surface area contributed by atoms with Gasteiger partial charge in [0.25, 0.3) is 5.91 Å². The summed E-state index contributed by atoms with van der Waals surface area (Å²) in [7, 11) is 0. The van der Waals surface area contributed by atoms with Crippen molar-refractivity contribution in [2.75, 3.05) is 13.1 Å². The van der Waals surface area contributed by atoms with Crippen LogP contribution in [0, 0.1) is 0 Å². The van der Waals surface area contributed by atoms with Crippen molar-refractivity contribution < 1.29 is 4.79 Å². The number of carbonyl (C=O) groups excluding carboxylic acids is 1. The van der Waals surface area contributed by atoms with Gasteiger partial charge in [-0.05, 0) is 27.2 Å². The molecule has 0 spiro atoms. The highest BCUT2D eigenvalue weighted by Gasteiger charge is 2.22. The van der Waals surface area contributed by atoms with E-state index in [9.17, 15) is 4.79 Å². The van der Waals surface area contributed by atoms with E-state index in [0.29, 0.717) is 18.7 Å². The second-order valence-corrected chi connectivity index (χ2v) is 4.99. The van der Waals surface area contributed by atoms with Gasteiger partial charge in [0.2, 0.25) is 0 Å². The molecular formula is C12H22N4O. The molecule has 0 aromatic carbocycles. The lowest BCUT2D eigenvalue weighted by atomic mass is 10.1. The minimum atomic E-state index is -0.113. The van der Waals surface area contributed by atoms with Gasteiger partial charge >= 0.3 is 0 Å². The summed E-state index contributed by atoms with van der Waals surface area (Å²) in [4.78, 5) is 11.9. The van der Waals surface area contributed by atoms with Crippen molar-refractivity contribution in [3.63, 3.8) is 0 Å². The van der Waals surface area contributed by atoms with Gasteiger partial charge in [0, 0.05) is 13.1 Å². The zero-order chi connectivity index (χ0) is 13.1. The summed E-state index contributed by atoms with van der Waals surface area (Å²) in [5.41, 5.74) is 6.86. The number of rotatable bonds is 4. The van der Waals surface area contributed by atoms with Gasteiger partial charge in [0.05, 0.1) is 23.0 Å². The van der Waals surface area contributed by atoms with Crippen molar-refractivity contribution in [1.29, 1.82) is 0 Å². The molecule has 96 valence electrons. The standard InChI is InChI=1S/C12H22N4O/c1-5-10-9(11(17)14-7-6-13)8-15-16(10)12(2,3)4/h8H,5-7,13H2,1-4H3,(H,14,17). The third kappa shape index (κ3) is 3.06. The lowest BCUT2D eigenvalue weighted by Gasteiger charge is -2.22. The van der Waals surface area contributed by atoms with Crippen LogP contribution in [0.15, 0.2) is 6.20 Å². The van der Waals surface area contributed by atoms with E-state index in [1.807, 2.05) is 11.6 Å². The number of carbonyl (C=O) groups is 1.